The first kappa shape index (κ1) is 17.8. The maximum Gasteiger partial charge on any atom is 0.416 e. The second kappa shape index (κ2) is 7.96. The molecule has 0 heterocycles. The van der Waals surface area contributed by atoms with E-state index in [0.29, 0.717) is 0 Å². The SMILES string of the molecule is O=C(NC(=O)OCC1c2ccccc2-c2ccccc21)OCc1ccccc1. The number of amides is 2. The number of carbonyl (C=O) groups is 2. The average Bonchev–Trinajstić information content (AvgIpc) is 3.05. The summed E-state index contributed by atoms with van der Waals surface area (Å²) in [5, 5.41) is 2.10. The molecule has 0 fully saturated rings. The van der Waals surface area contributed by atoms with Crippen molar-refractivity contribution in [3.05, 3.63) is 95.6 Å². The van der Waals surface area contributed by atoms with Crippen LogP contribution >= 0.6 is 0 Å². The summed E-state index contributed by atoms with van der Waals surface area (Å²) < 4.78 is 10.3. The van der Waals surface area contributed by atoms with Crippen LogP contribution in [-0.2, 0) is 16.1 Å². The molecule has 0 aliphatic heterocycles. The minimum absolute atomic E-state index is 0.0570. The molecule has 3 aromatic carbocycles. The van der Waals surface area contributed by atoms with Gasteiger partial charge in [0, 0.05) is 5.92 Å². The lowest BCUT2D eigenvalue weighted by Gasteiger charge is -2.14. The molecule has 140 valence electrons. The van der Waals surface area contributed by atoms with Crippen molar-refractivity contribution in [3.8, 4) is 11.1 Å². The number of hydrogen-bond acceptors (Lipinski definition) is 4. The Hall–Kier alpha value is -3.60. The van der Waals surface area contributed by atoms with Crippen LogP contribution in [0.4, 0.5) is 9.59 Å². The Balaban J connectivity index is 1.34. The second-order valence-corrected chi connectivity index (χ2v) is 6.51. The molecule has 0 atom stereocenters. The normalized spacial score (nSPS) is 12.0. The third kappa shape index (κ3) is 3.74. The third-order valence-electron chi connectivity index (χ3n) is 4.76. The standard InChI is InChI=1S/C23H19NO4/c25-22(27-14-16-8-2-1-3-9-16)24-23(26)28-15-21-19-12-6-4-10-17(19)18-11-5-7-13-20(18)21/h1-13,21H,14-15H2,(H,24,25,26). The first-order valence-corrected chi connectivity index (χ1v) is 9.05. The van der Waals surface area contributed by atoms with E-state index in [1.165, 1.54) is 0 Å². The van der Waals surface area contributed by atoms with Crippen molar-refractivity contribution in [2.75, 3.05) is 6.61 Å². The van der Waals surface area contributed by atoms with Gasteiger partial charge < -0.3 is 9.47 Å². The summed E-state index contributed by atoms with van der Waals surface area (Å²) in [5.74, 6) is -0.0570. The Labute approximate surface area is 162 Å². The lowest BCUT2D eigenvalue weighted by molar-refractivity contribution is 0.119. The van der Waals surface area contributed by atoms with Crippen LogP contribution in [0.2, 0.25) is 0 Å². The van der Waals surface area contributed by atoms with Gasteiger partial charge in [0.05, 0.1) is 0 Å². The van der Waals surface area contributed by atoms with E-state index in [-0.39, 0.29) is 19.1 Å². The quantitative estimate of drug-likeness (QED) is 0.709. The van der Waals surface area contributed by atoms with E-state index >= 15 is 0 Å². The highest BCUT2D eigenvalue weighted by molar-refractivity contribution is 5.87. The van der Waals surface area contributed by atoms with Crippen molar-refractivity contribution in [2.45, 2.75) is 12.5 Å². The largest absolute Gasteiger partial charge is 0.448 e. The van der Waals surface area contributed by atoms with Gasteiger partial charge in [-0.1, -0.05) is 78.9 Å². The number of nitrogens with one attached hydrogen (secondary N) is 1. The summed E-state index contributed by atoms with van der Waals surface area (Å²) in [5.41, 5.74) is 5.36. The molecule has 1 aliphatic carbocycles. The Morgan fingerprint density at radius 3 is 1.89 bits per heavy atom. The molecule has 1 N–H and O–H groups in total. The third-order valence-corrected chi connectivity index (χ3v) is 4.76. The van der Waals surface area contributed by atoms with Crippen molar-refractivity contribution < 1.29 is 19.1 Å². The van der Waals surface area contributed by atoms with Gasteiger partial charge in [-0.3, -0.25) is 0 Å². The number of alkyl carbamates (subject to hydrolysis) is 2. The molecule has 0 bridgehead atoms. The number of hydrogen-bond donors (Lipinski definition) is 1. The summed E-state index contributed by atoms with van der Waals surface area (Å²) in [6.45, 7) is 0.231. The number of rotatable bonds is 4. The predicted octanol–water partition coefficient (Wildman–Crippen LogP) is 4.86. The second-order valence-electron chi connectivity index (χ2n) is 6.51. The van der Waals surface area contributed by atoms with E-state index in [4.69, 9.17) is 9.47 Å². The predicted molar refractivity (Wildman–Crippen MR) is 105 cm³/mol. The van der Waals surface area contributed by atoms with E-state index in [0.717, 1.165) is 27.8 Å². The molecule has 5 nitrogen and oxygen atoms in total. The van der Waals surface area contributed by atoms with Gasteiger partial charge in [0.1, 0.15) is 13.2 Å². The first-order valence-electron chi connectivity index (χ1n) is 9.05. The highest BCUT2D eigenvalue weighted by Crippen LogP contribution is 2.44. The fourth-order valence-electron chi connectivity index (χ4n) is 3.48. The Kier molecular flexibility index (Phi) is 5.06. The zero-order valence-corrected chi connectivity index (χ0v) is 15.1. The molecule has 28 heavy (non-hydrogen) atoms. The molecular formula is C23H19NO4. The van der Waals surface area contributed by atoms with Crippen molar-refractivity contribution in [2.24, 2.45) is 0 Å². The molecule has 0 spiro atoms. The molecule has 4 rings (SSSR count). The van der Waals surface area contributed by atoms with E-state index < -0.39 is 12.2 Å². The van der Waals surface area contributed by atoms with Crippen LogP contribution in [0.25, 0.3) is 11.1 Å². The van der Waals surface area contributed by atoms with Crippen LogP contribution in [0, 0.1) is 0 Å². The van der Waals surface area contributed by atoms with Crippen molar-refractivity contribution in [3.63, 3.8) is 0 Å². The van der Waals surface area contributed by atoms with Gasteiger partial charge in [-0.2, -0.15) is 0 Å². The minimum atomic E-state index is -0.832. The zero-order valence-electron chi connectivity index (χ0n) is 15.1. The molecule has 0 unspecified atom stereocenters. The van der Waals surface area contributed by atoms with E-state index in [1.807, 2.05) is 66.7 Å². The van der Waals surface area contributed by atoms with Crippen LogP contribution < -0.4 is 5.32 Å². The van der Waals surface area contributed by atoms with Gasteiger partial charge >= 0.3 is 12.2 Å². The number of fused-ring (bicyclic) bond motifs is 3. The average molecular weight is 373 g/mol. The smallest absolute Gasteiger partial charge is 0.416 e. The number of ether oxygens (including phenoxy) is 2. The molecule has 0 saturated carbocycles. The van der Waals surface area contributed by atoms with Gasteiger partial charge in [-0.05, 0) is 27.8 Å². The number of benzene rings is 3. The maximum atomic E-state index is 12.0. The minimum Gasteiger partial charge on any atom is -0.448 e. The molecule has 0 radical (unpaired) electrons. The number of imide groups is 1. The van der Waals surface area contributed by atoms with Crippen molar-refractivity contribution in [1.29, 1.82) is 0 Å². The number of carbonyl (C=O) groups excluding carboxylic acids is 2. The van der Waals surface area contributed by atoms with Gasteiger partial charge in [0.15, 0.2) is 0 Å². The summed E-state index contributed by atoms with van der Waals surface area (Å²) in [6.07, 6.45) is -1.65. The zero-order chi connectivity index (χ0) is 19.3. The Morgan fingerprint density at radius 1 is 0.714 bits per heavy atom. The molecule has 1 aliphatic rings. The molecule has 0 saturated heterocycles. The summed E-state index contributed by atoms with van der Waals surface area (Å²) in [7, 11) is 0. The molecule has 5 heteroatoms. The van der Waals surface area contributed by atoms with Crippen LogP contribution in [0.5, 0.6) is 0 Å². The van der Waals surface area contributed by atoms with E-state index in [2.05, 4.69) is 17.4 Å². The van der Waals surface area contributed by atoms with Gasteiger partial charge in [0.2, 0.25) is 0 Å². The molecule has 2 amide bonds. The van der Waals surface area contributed by atoms with Gasteiger partial charge in [-0.25, -0.2) is 14.9 Å². The van der Waals surface area contributed by atoms with Crippen LogP contribution in [0.15, 0.2) is 78.9 Å². The lowest BCUT2D eigenvalue weighted by Crippen LogP contribution is -2.32. The van der Waals surface area contributed by atoms with Crippen LogP contribution in [-0.4, -0.2) is 18.8 Å². The molecular weight excluding hydrogens is 354 g/mol. The van der Waals surface area contributed by atoms with Crippen molar-refractivity contribution >= 4 is 12.2 Å². The monoisotopic (exact) mass is 373 g/mol. The Morgan fingerprint density at radius 2 is 1.25 bits per heavy atom. The lowest BCUT2D eigenvalue weighted by atomic mass is 9.98. The highest BCUT2D eigenvalue weighted by Gasteiger charge is 2.29. The van der Waals surface area contributed by atoms with Crippen LogP contribution in [0.1, 0.15) is 22.6 Å². The van der Waals surface area contributed by atoms with Gasteiger partial charge in [-0.15, -0.1) is 0 Å². The summed E-state index contributed by atoms with van der Waals surface area (Å²) in [6, 6.07) is 25.4. The topological polar surface area (TPSA) is 64.6 Å². The van der Waals surface area contributed by atoms with Crippen LogP contribution in [0.3, 0.4) is 0 Å². The van der Waals surface area contributed by atoms with E-state index in [1.54, 1.807) is 0 Å². The van der Waals surface area contributed by atoms with Crippen molar-refractivity contribution in [1.82, 2.24) is 5.32 Å². The highest BCUT2D eigenvalue weighted by atomic mass is 16.6. The molecule has 0 aromatic heterocycles. The first-order chi connectivity index (χ1) is 13.7. The fraction of sp³-hybridized carbons (Fsp3) is 0.130. The fourth-order valence-corrected chi connectivity index (χ4v) is 3.48. The summed E-state index contributed by atoms with van der Waals surface area (Å²) >= 11 is 0. The Bertz CT molecular complexity index is 955. The van der Waals surface area contributed by atoms with Gasteiger partial charge in [0.25, 0.3) is 0 Å². The molecule has 3 aromatic rings. The summed E-state index contributed by atoms with van der Waals surface area (Å²) in [4.78, 5) is 23.8. The maximum absolute atomic E-state index is 12.0. The van der Waals surface area contributed by atoms with E-state index in [9.17, 15) is 9.59 Å².